The second-order valence-corrected chi connectivity index (χ2v) is 4.24. The van der Waals surface area contributed by atoms with Gasteiger partial charge in [0.2, 0.25) is 5.91 Å². The third kappa shape index (κ3) is 2.91. The molecule has 0 spiro atoms. The zero-order chi connectivity index (χ0) is 14.5. The van der Waals surface area contributed by atoms with Crippen LogP contribution >= 0.6 is 0 Å². The fourth-order valence-corrected chi connectivity index (χ4v) is 1.85. The Morgan fingerprint density at radius 2 is 1.79 bits per heavy atom. The second kappa shape index (κ2) is 6.01. The standard InChI is InChI=1S/C14H16N2O3/c1-3-14(4-2,13(18)19)12(17)16-11-7-5-10(9-15)6-8-11/h5-8H,3-4H2,1-2H3,(H,16,17)(H,18,19). The van der Waals surface area contributed by atoms with Crippen molar-refractivity contribution in [1.29, 1.82) is 5.26 Å². The second-order valence-electron chi connectivity index (χ2n) is 4.24. The predicted octanol–water partition coefficient (Wildman–Crippen LogP) is 2.39. The lowest BCUT2D eigenvalue weighted by atomic mass is 9.81. The molecule has 0 saturated heterocycles. The predicted molar refractivity (Wildman–Crippen MR) is 70.4 cm³/mol. The van der Waals surface area contributed by atoms with Crippen molar-refractivity contribution in [2.75, 3.05) is 5.32 Å². The van der Waals surface area contributed by atoms with Crippen molar-refractivity contribution in [1.82, 2.24) is 0 Å². The van der Waals surface area contributed by atoms with Crippen LogP contribution in [0.5, 0.6) is 0 Å². The van der Waals surface area contributed by atoms with Crippen molar-refractivity contribution in [3.05, 3.63) is 29.8 Å². The largest absolute Gasteiger partial charge is 0.480 e. The van der Waals surface area contributed by atoms with Crippen LogP contribution < -0.4 is 5.32 Å². The number of aliphatic carboxylic acids is 1. The molecule has 0 aliphatic carbocycles. The van der Waals surface area contributed by atoms with E-state index in [1.165, 1.54) is 0 Å². The van der Waals surface area contributed by atoms with Gasteiger partial charge in [-0.25, -0.2) is 0 Å². The molecular weight excluding hydrogens is 244 g/mol. The summed E-state index contributed by atoms with van der Waals surface area (Å²) in [6.45, 7) is 3.35. The molecule has 0 aromatic heterocycles. The van der Waals surface area contributed by atoms with Gasteiger partial charge in [0.15, 0.2) is 0 Å². The Morgan fingerprint density at radius 3 is 2.16 bits per heavy atom. The first kappa shape index (κ1) is 14.7. The first-order chi connectivity index (χ1) is 9.00. The van der Waals surface area contributed by atoms with Crippen LogP contribution in [0.3, 0.4) is 0 Å². The number of carbonyl (C=O) groups excluding carboxylic acids is 1. The molecule has 0 radical (unpaired) electrons. The monoisotopic (exact) mass is 260 g/mol. The molecule has 0 saturated carbocycles. The Hall–Kier alpha value is -2.35. The van der Waals surface area contributed by atoms with E-state index in [2.05, 4.69) is 5.32 Å². The SMILES string of the molecule is CCC(CC)(C(=O)O)C(=O)Nc1ccc(C#N)cc1. The number of carboxylic acids is 1. The van der Waals surface area contributed by atoms with Crippen molar-refractivity contribution in [2.24, 2.45) is 5.41 Å². The molecule has 100 valence electrons. The highest BCUT2D eigenvalue weighted by Crippen LogP contribution is 2.28. The van der Waals surface area contributed by atoms with Gasteiger partial charge in [0, 0.05) is 5.69 Å². The quantitative estimate of drug-likeness (QED) is 0.795. The lowest BCUT2D eigenvalue weighted by Crippen LogP contribution is -2.42. The average Bonchev–Trinajstić information content (AvgIpc) is 2.41. The molecule has 0 unspecified atom stereocenters. The summed E-state index contributed by atoms with van der Waals surface area (Å²) in [6.07, 6.45) is 0.446. The minimum absolute atomic E-state index is 0.223. The summed E-state index contributed by atoms with van der Waals surface area (Å²) in [4.78, 5) is 23.4. The number of anilines is 1. The van der Waals surface area contributed by atoms with Gasteiger partial charge >= 0.3 is 5.97 Å². The van der Waals surface area contributed by atoms with E-state index in [4.69, 9.17) is 5.26 Å². The molecule has 1 amide bonds. The minimum Gasteiger partial charge on any atom is -0.480 e. The van der Waals surface area contributed by atoms with Gasteiger partial charge in [-0.3, -0.25) is 9.59 Å². The van der Waals surface area contributed by atoms with E-state index in [-0.39, 0.29) is 12.8 Å². The first-order valence-corrected chi connectivity index (χ1v) is 6.05. The number of carboxylic acid groups (broad SMARTS) is 1. The smallest absolute Gasteiger partial charge is 0.319 e. The van der Waals surface area contributed by atoms with Crippen molar-refractivity contribution in [3.63, 3.8) is 0 Å². The molecular formula is C14H16N2O3. The number of hydrogen-bond donors (Lipinski definition) is 2. The van der Waals surface area contributed by atoms with Gasteiger partial charge in [-0.1, -0.05) is 13.8 Å². The molecule has 2 N–H and O–H groups in total. The van der Waals surface area contributed by atoms with Crippen molar-refractivity contribution in [2.45, 2.75) is 26.7 Å². The molecule has 5 heteroatoms. The molecule has 0 aliphatic heterocycles. The lowest BCUT2D eigenvalue weighted by Gasteiger charge is -2.25. The van der Waals surface area contributed by atoms with Crippen LogP contribution in [0, 0.1) is 16.7 Å². The number of rotatable bonds is 5. The Balaban J connectivity index is 2.94. The zero-order valence-electron chi connectivity index (χ0n) is 10.9. The van der Waals surface area contributed by atoms with E-state index in [0.717, 1.165) is 0 Å². The van der Waals surface area contributed by atoms with E-state index in [0.29, 0.717) is 11.3 Å². The summed E-state index contributed by atoms with van der Waals surface area (Å²) in [5.74, 6) is -1.65. The number of benzene rings is 1. The zero-order valence-corrected chi connectivity index (χ0v) is 10.9. The van der Waals surface area contributed by atoms with Gasteiger partial charge in [-0.05, 0) is 37.1 Å². The average molecular weight is 260 g/mol. The van der Waals surface area contributed by atoms with Gasteiger partial charge in [-0.2, -0.15) is 5.26 Å². The Kier molecular flexibility index (Phi) is 4.65. The molecule has 0 bridgehead atoms. The number of nitrogens with one attached hydrogen (secondary N) is 1. The normalized spacial score (nSPS) is 10.6. The summed E-state index contributed by atoms with van der Waals surface area (Å²) in [5, 5.41) is 20.5. The van der Waals surface area contributed by atoms with Crippen molar-refractivity contribution >= 4 is 17.6 Å². The summed E-state index contributed by atoms with van der Waals surface area (Å²) >= 11 is 0. The van der Waals surface area contributed by atoms with Gasteiger partial charge < -0.3 is 10.4 Å². The number of nitrogens with zero attached hydrogens (tertiary/aromatic N) is 1. The molecule has 1 aromatic carbocycles. The highest BCUT2D eigenvalue weighted by atomic mass is 16.4. The summed E-state index contributed by atoms with van der Waals surface area (Å²) in [7, 11) is 0. The first-order valence-electron chi connectivity index (χ1n) is 6.05. The van der Waals surface area contributed by atoms with E-state index >= 15 is 0 Å². The van der Waals surface area contributed by atoms with Crippen molar-refractivity contribution in [3.8, 4) is 6.07 Å². The van der Waals surface area contributed by atoms with Crippen LogP contribution in [0.25, 0.3) is 0 Å². The Morgan fingerprint density at radius 1 is 1.26 bits per heavy atom. The molecule has 19 heavy (non-hydrogen) atoms. The Labute approximate surface area is 111 Å². The maximum atomic E-state index is 12.1. The fourth-order valence-electron chi connectivity index (χ4n) is 1.85. The van der Waals surface area contributed by atoms with Gasteiger partial charge in [0.25, 0.3) is 0 Å². The molecule has 0 heterocycles. The molecule has 0 fully saturated rings. The fraction of sp³-hybridized carbons (Fsp3) is 0.357. The number of carbonyl (C=O) groups is 2. The van der Waals surface area contributed by atoms with Crippen LogP contribution in [0.4, 0.5) is 5.69 Å². The minimum atomic E-state index is -1.41. The molecule has 5 nitrogen and oxygen atoms in total. The van der Waals surface area contributed by atoms with Gasteiger partial charge in [0.05, 0.1) is 11.6 Å². The number of hydrogen-bond acceptors (Lipinski definition) is 3. The topological polar surface area (TPSA) is 90.2 Å². The number of nitriles is 1. The third-order valence-corrected chi connectivity index (χ3v) is 3.32. The van der Waals surface area contributed by atoms with Crippen LogP contribution in [0.15, 0.2) is 24.3 Å². The van der Waals surface area contributed by atoms with Crippen LogP contribution in [0.1, 0.15) is 32.3 Å². The molecule has 1 aromatic rings. The highest BCUT2D eigenvalue weighted by Gasteiger charge is 2.42. The maximum absolute atomic E-state index is 12.1. The summed E-state index contributed by atoms with van der Waals surface area (Å²) in [6, 6.07) is 8.26. The molecule has 0 atom stereocenters. The van der Waals surface area contributed by atoms with E-state index in [9.17, 15) is 14.7 Å². The van der Waals surface area contributed by atoms with Gasteiger partial charge in [0.1, 0.15) is 5.41 Å². The maximum Gasteiger partial charge on any atom is 0.319 e. The van der Waals surface area contributed by atoms with Crippen molar-refractivity contribution < 1.29 is 14.7 Å². The van der Waals surface area contributed by atoms with Crippen LogP contribution in [-0.4, -0.2) is 17.0 Å². The highest BCUT2D eigenvalue weighted by molar-refractivity contribution is 6.08. The molecule has 0 aliphatic rings. The van der Waals surface area contributed by atoms with E-state index in [1.54, 1.807) is 38.1 Å². The Bertz CT molecular complexity index is 510. The summed E-state index contributed by atoms with van der Waals surface area (Å²) in [5.41, 5.74) is -0.446. The van der Waals surface area contributed by atoms with Crippen LogP contribution in [-0.2, 0) is 9.59 Å². The summed E-state index contributed by atoms with van der Waals surface area (Å²) < 4.78 is 0. The third-order valence-electron chi connectivity index (χ3n) is 3.32. The van der Waals surface area contributed by atoms with Gasteiger partial charge in [-0.15, -0.1) is 0 Å². The van der Waals surface area contributed by atoms with Crippen LogP contribution in [0.2, 0.25) is 0 Å². The van der Waals surface area contributed by atoms with E-state index in [1.807, 2.05) is 6.07 Å². The lowest BCUT2D eigenvalue weighted by molar-refractivity contribution is -0.154. The number of amides is 1. The van der Waals surface area contributed by atoms with E-state index < -0.39 is 17.3 Å². The molecule has 1 rings (SSSR count).